The van der Waals surface area contributed by atoms with Crippen molar-refractivity contribution >= 4 is 5.91 Å². The molecule has 2 saturated heterocycles. The number of nitrogens with one attached hydrogen (secondary N) is 1. The molecule has 9 N–H and O–H groups in total. The number of hydrogen-bond acceptors (Lipinski definition) is 13. The predicted octanol–water partition coefficient (Wildman–Crippen LogP) is 4.43. The van der Waals surface area contributed by atoms with Crippen LogP contribution in [0.2, 0.25) is 0 Å². The quantitative estimate of drug-likeness (QED) is 0.0324. The van der Waals surface area contributed by atoms with Crippen LogP contribution in [0, 0.1) is 0 Å². The number of carbonyl (C=O) groups excluding carboxylic acids is 1. The summed E-state index contributed by atoms with van der Waals surface area (Å²) < 4.78 is 22.6. The van der Waals surface area contributed by atoms with Crippen LogP contribution in [0.15, 0.2) is 12.2 Å². The number of unbranched alkanes of at least 4 members (excludes halogenated alkanes) is 19. The van der Waals surface area contributed by atoms with Crippen LogP contribution in [0.25, 0.3) is 0 Å². The van der Waals surface area contributed by atoms with Crippen molar-refractivity contribution in [2.24, 2.45) is 0 Å². The molecule has 14 nitrogen and oxygen atoms in total. The first kappa shape index (κ1) is 52.9. The fraction of sp³-hybridized carbons (Fsp3) is 0.932. The van der Waals surface area contributed by atoms with E-state index in [0.29, 0.717) is 12.8 Å². The molecule has 12 unspecified atom stereocenters. The van der Waals surface area contributed by atoms with Gasteiger partial charge >= 0.3 is 0 Å². The highest BCUT2D eigenvalue weighted by molar-refractivity contribution is 5.76. The lowest BCUT2D eigenvalue weighted by molar-refractivity contribution is -0.359. The fourth-order valence-electron chi connectivity index (χ4n) is 7.64. The van der Waals surface area contributed by atoms with Crippen LogP contribution < -0.4 is 5.32 Å². The third-order valence-electron chi connectivity index (χ3n) is 11.5. The van der Waals surface area contributed by atoms with Crippen LogP contribution in [-0.2, 0) is 23.7 Å². The van der Waals surface area contributed by atoms with Gasteiger partial charge in [-0.3, -0.25) is 4.79 Å². The van der Waals surface area contributed by atoms with Gasteiger partial charge in [0.25, 0.3) is 0 Å². The molecule has 0 aliphatic carbocycles. The predicted molar refractivity (Wildman–Crippen MR) is 222 cm³/mol. The minimum absolute atomic E-state index is 0.216. The SMILES string of the molecule is CCCCCCCC/C=C\CCCCCCCCCC(=O)NC(COC1OC(CO)C(OC2OC(CO)C(O)C(O)C2O)C(O)C1O)C(O)CCCCCCCCC. The molecule has 0 aromatic rings. The van der Waals surface area contributed by atoms with Crippen molar-refractivity contribution in [3.63, 3.8) is 0 Å². The summed E-state index contributed by atoms with van der Waals surface area (Å²) in [4.78, 5) is 13.1. The van der Waals surface area contributed by atoms with Gasteiger partial charge in [-0.25, -0.2) is 0 Å². The van der Waals surface area contributed by atoms with Crippen LogP contribution in [0.5, 0.6) is 0 Å². The molecule has 14 heteroatoms. The lowest BCUT2D eigenvalue weighted by Gasteiger charge is -2.46. The van der Waals surface area contributed by atoms with E-state index in [1.54, 1.807) is 0 Å². The minimum Gasteiger partial charge on any atom is -0.394 e. The first-order chi connectivity index (χ1) is 28.1. The van der Waals surface area contributed by atoms with Gasteiger partial charge in [-0.15, -0.1) is 0 Å². The Balaban J connectivity index is 1.82. The average molecular weight is 834 g/mol. The third kappa shape index (κ3) is 20.5. The van der Waals surface area contributed by atoms with E-state index < -0.39 is 86.8 Å². The number of ether oxygens (including phenoxy) is 4. The number of aliphatic hydroxyl groups excluding tert-OH is 8. The monoisotopic (exact) mass is 834 g/mol. The van der Waals surface area contributed by atoms with E-state index in [9.17, 15) is 45.6 Å². The maximum Gasteiger partial charge on any atom is 0.220 e. The number of rotatable bonds is 34. The highest BCUT2D eigenvalue weighted by Crippen LogP contribution is 2.30. The summed E-state index contributed by atoms with van der Waals surface area (Å²) in [6.07, 6.45) is 13.9. The Morgan fingerprint density at radius 1 is 0.603 bits per heavy atom. The van der Waals surface area contributed by atoms with E-state index in [2.05, 4.69) is 31.3 Å². The second-order valence-electron chi connectivity index (χ2n) is 16.5. The average Bonchev–Trinajstić information content (AvgIpc) is 3.22. The zero-order valence-electron chi connectivity index (χ0n) is 35.8. The zero-order valence-corrected chi connectivity index (χ0v) is 35.8. The first-order valence-electron chi connectivity index (χ1n) is 22.9. The molecular weight excluding hydrogens is 750 g/mol. The van der Waals surface area contributed by atoms with Crippen LogP contribution >= 0.6 is 0 Å². The van der Waals surface area contributed by atoms with E-state index in [1.807, 2.05) is 0 Å². The largest absolute Gasteiger partial charge is 0.394 e. The standard InChI is InChI=1S/C44H83NO13/c1-3-5-7-9-11-12-13-14-15-16-17-18-19-20-22-24-26-28-36(49)45-32(33(48)27-25-23-21-10-8-6-4-2)31-55-43-41(54)39(52)42(35(30-47)57-43)58-44-40(53)38(51)37(50)34(29-46)56-44/h14-15,32-35,37-44,46-48,50-54H,3-13,16-31H2,1-2H3,(H,45,49)/b15-14-. The molecular formula is C44H83NO13. The van der Waals surface area contributed by atoms with Crippen molar-refractivity contribution < 1.29 is 64.6 Å². The van der Waals surface area contributed by atoms with Gasteiger partial charge in [-0.05, 0) is 38.5 Å². The fourth-order valence-corrected chi connectivity index (χ4v) is 7.64. The Hall–Kier alpha value is -1.27. The highest BCUT2D eigenvalue weighted by Gasteiger charge is 2.51. The van der Waals surface area contributed by atoms with Crippen LogP contribution in [0.4, 0.5) is 0 Å². The minimum atomic E-state index is -1.78. The van der Waals surface area contributed by atoms with E-state index >= 15 is 0 Å². The molecule has 2 aliphatic rings. The summed E-state index contributed by atoms with van der Waals surface area (Å²) in [5, 5.41) is 86.3. The Labute approximate surface area is 348 Å². The Kier molecular flexibility index (Phi) is 29.6. The number of amides is 1. The first-order valence-corrected chi connectivity index (χ1v) is 22.9. The van der Waals surface area contributed by atoms with Gasteiger partial charge in [0, 0.05) is 6.42 Å². The smallest absolute Gasteiger partial charge is 0.220 e. The van der Waals surface area contributed by atoms with Crippen LogP contribution in [-0.4, -0.2) is 140 Å². The molecule has 342 valence electrons. The van der Waals surface area contributed by atoms with E-state index in [1.165, 1.54) is 83.5 Å². The molecule has 2 aliphatic heterocycles. The van der Waals surface area contributed by atoms with E-state index in [4.69, 9.17) is 18.9 Å². The van der Waals surface area contributed by atoms with Gasteiger partial charge < -0.3 is 65.1 Å². The van der Waals surface area contributed by atoms with Crippen molar-refractivity contribution in [2.45, 2.75) is 242 Å². The maximum atomic E-state index is 13.1. The van der Waals surface area contributed by atoms with Crippen molar-refractivity contribution in [3.8, 4) is 0 Å². The summed E-state index contributed by atoms with van der Waals surface area (Å²) in [7, 11) is 0. The Morgan fingerprint density at radius 3 is 1.64 bits per heavy atom. The molecule has 58 heavy (non-hydrogen) atoms. The molecule has 2 rings (SSSR count). The topological polar surface area (TPSA) is 228 Å². The van der Waals surface area contributed by atoms with Gasteiger partial charge in [0.2, 0.25) is 5.91 Å². The highest BCUT2D eigenvalue weighted by atomic mass is 16.7. The maximum absolute atomic E-state index is 13.1. The number of aliphatic hydroxyl groups is 8. The number of hydrogen-bond donors (Lipinski definition) is 9. The second kappa shape index (κ2) is 32.4. The van der Waals surface area contributed by atoms with Gasteiger partial charge in [-0.2, -0.15) is 0 Å². The summed E-state index contributed by atoms with van der Waals surface area (Å²) in [5.41, 5.74) is 0. The second-order valence-corrected chi connectivity index (χ2v) is 16.5. The lowest BCUT2D eigenvalue weighted by Crippen LogP contribution is -2.65. The van der Waals surface area contributed by atoms with Crippen molar-refractivity contribution in [2.75, 3.05) is 19.8 Å². The summed E-state index contributed by atoms with van der Waals surface area (Å²) in [5.74, 6) is -0.216. The molecule has 12 atom stereocenters. The molecule has 0 aromatic heterocycles. The Morgan fingerprint density at radius 2 is 1.09 bits per heavy atom. The number of carbonyl (C=O) groups is 1. The molecule has 0 radical (unpaired) electrons. The van der Waals surface area contributed by atoms with Crippen LogP contribution in [0.3, 0.4) is 0 Å². The van der Waals surface area contributed by atoms with Crippen molar-refractivity contribution in [3.05, 3.63) is 12.2 Å². The molecule has 2 heterocycles. The number of allylic oxidation sites excluding steroid dienone is 2. The third-order valence-corrected chi connectivity index (χ3v) is 11.5. The zero-order chi connectivity index (χ0) is 42.5. The van der Waals surface area contributed by atoms with Gasteiger partial charge in [0.15, 0.2) is 12.6 Å². The molecule has 0 aromatic carbocycles. The molecule has 0 saturated carbocycles. The van der Waals surface area contributed by atoms with E-state index in [0.717, 1.165) is 57.8 Å². The van der Waals surface area contributed by atoms with Gasteiger partial charge in [0.05, 0.1) is 32.0 Å². The summed E-state index contributed by atoms with van der Waals surface area (Å²) in [6, 6.07) is -0.823. The molecule has 0 spiro atoms. The summed E-state index contributed by atoms with van der Waals surface area (Å²) in [6.45, 7) is 2.77. The molecule has 1 amide bonds. The lowest BCUT2D eigenvalue weighted by atomic mass is 9.97. The Bertz CT molecular complexity index is 1040. The van der Waals surface area contributed by atoms with Crippen molar-refractivity contribution in [1.29, 1.82) is 0 Å². The van der Waals surface area contributed by atoms with E-state index in [-0.39, 0.29) is 12.5 Å². The normalized spacial score (nSPS) is 28.9. The van der Waals surface area contributed by atoms with Crippen molar-refractivity contribution in [1.82, 2.24) is 5.32 Å². The van der Waals surface area contributed by atoms with Crippen LogP contribution in [0.1, 0.15) is 168 Å². The summed E-state index contributed by atoms with van der Waals surface area (Å²) >= 11 is 0. The van der Waals surface area contributed by atoms with Gasteiger partial charge in [-0.1, -0.05) is 135 Å². The van der Waals surface area contributed by atoms with Gasteiger partial charge in [0.1, 0.15) is 48.8 Å². The molecule has 2 fully saturated rings. The molecule has 0 bridgehead atoms.